The van der Waals surface area contributed by atoms with Crippen LogP contribution in [-0.2, 0) is 9.84 Å². The van der Waals surface area contributed by atoms with Gasteiger partial charge >= 0.3 is 5.22 Å². The van der Waals surface area contributed by atoms with Gasteiger partial charge in [-0.15, -0.1) is 5.10 Å². The third-order valence-corrected chi connectivity index (χ3v) is 2.86. The Balaban J connectivity index is 2.37. The largest absolute Gasteiger partial charge is 0.497 e. The minimum Gasteiger partial charge on any atom is -0.497 e. The van der Waals surface area contributed by atoms with Crippen molar-refractivity contribution in [1.29, 1.82) is 0 Å². The first-order valence-electron chi connectivity index (χ1n) is 4.68. The van der Waals surface area contributed by atoms with Crippen molar-refractivity contribution in [1.82, 2.24) is 10.2 Å². The van der Waals surface area contributed by atoms with Gasteiger partial charge < -0.3 is 9.15 Å². The van der Waals surface area contributed by atoms with Gasteiger partial charge in [-0.1, -0.05) is 5.10 Å². The Labute approximate surface area is 98.2 Å². The highest BCUT2D eigenvalue weighted by atomic mass is 32.2. The fourth-order valence-electron chi connectivity index (χ4n) is 1.21. The molecule has 6 nitrogen and oxygen atoms in total. The predicted octanol–water partition coefficient (Wildman–Crippen LogP) is 1.15. The second-order valence-electron chi connectivity index (χ2n) is 3.37. The predicted molar refractivity (Wildman–Crippen MR) is 59.4 cm³/mol. The maximum absolute atomic E-state index is 11.2. The number of hydrogen-bond acceptors (Lipinski definition) is 6. The van der Waals surface area contributed by atoms with E-state index in [4.69, 9.17) is 9.15 Å². The third kappa shape index (κ3) is 2.44. The molecule has 0 aliphatic heterocycles. The lowest BCUT2D eigenvalue weighted by atomic mass is 10.2. The summed E-state index contributed by atoms with van der Waals surface area (Å²) in [6, 6.07) is 6.86. The van der Waals surface area contributed by atoms with E-state index in [0.717, 1.165) is 6.26 Å². The van der Waals surface area contributed by atoms with Crippen LogP contribution in [-0.4, -0.2) is 32.0 Å². The number of benzene rings is 1. The summed E-state index contributed by atoms with van der Waals surface area (Å²) >= 11 is 0. The number of methoxy groups -OCH3 is 1. The summed E-state index contributed by atoms with van der Waals surface area (Å²) in [7, 11) is -1.91. The Morgan fingerprint density at radius 3 is 2.29 bits per heavy atom. The standard InChI is InChI=1S/C10H10N2O4S/c1-15-8-5-3-7(4-6-8)9-11-12-10(16-9)17(2,13)14/h3-6H,1-2H3. The van der Waals surface area contributed by atoms with Gasteiger partial charge in [-0.2, -0.15) is 0 Å². The van der Waals surface area contributed by atoms with Crippen molar-refractivity contribution in [2.45, 2.75) is 5.22 Å². The molecule has 1 aromatic heterocycles. The zero-order chi connectivity index (χ0) is 12.5. The maximum Gasteiger partial charge on any atom is 0.335 e. The normalized spacial score (nSPS) is 11.4. The van der Waals surface area contributed by atoms with Gasteiger partial charge in [0.1, 0.15) is 5.75 Å². The second kappa shape index (κ2) is 4.17. The Bertz CT molecular complexity index is 616. The summed E-state index contributed by atoms with van der Waals surface area (Å²) in [6.45, 7) is 0. The minimum atomic E-state index is -3.47. The van der Waals surface area contributed by atoms with Crippen molar-refractivity contribution in [3.8, 4) is 17.2 Å². The fourth-order valence-corrected chi connectivity index (χ4v) is 1.63. The van der Waals surface area contributed by atoms with Crippen LogP contribution in [0.1, 0.15) is 0 Å². The molecule has 0 saturated heterocycles. The van der Waals surface area contributed by atoms with Gasteiger partial charge in [-0.05, 0) is 24.3 Å². The van der Waals surface area contributed by atoms with Gasteiger partial charge in [0.25, 0.3) is 0 Å². The average Bonchev–Trinajstić information content (AvgIpc) is 2.78. The van der Waals surface area contributed by atoms with E-state index < -0.39 is 9.84 Å². The highest BCUT2D eigenvalue weighted by molar-refractivity contribution is 7.90. The van der Waals surface area contributed by atoms with E-state index in [0.29, 0.717) is 11.3 Å². The fraction of sp³-hybridized carbons (Fsp3) is 0.200. The summed E-state index contributed by atoms with van der Waals surface area (Å²) in [5.41, 5.74) is 0.633. The quantitative estimate of drug-likeness (QED) is 0.817. The average molecular weight is 254 g/mol. The Hall–Kier alpha value is -1.89. The number of nitrogens with zero attached hydrogens (tertiary/aromatic N) is 2. The van der Waals surface area contributed by atoms with E-state index in [1.807, 2.05) is 0 Å². The SMILES string of the molecule is COc1ccc(-c2nnc(S(C)(=O)=O)o2)cc1. The van der Waals surface area contributed by atoms with Gasteiger partial charge in [0.05, 0.1) is 7.11 Å². The molecule has 0 spiro atoms. The minimum absolute atomic E-state index is 0.160. The van der Waals surface area contributed by atoms with Crippen molar-refractivity contribution in [2.75, 3.05) is 13.4 Å². The summed E-state index contributed by atoms with van der Waals surface area (Å²) in [6.07, 6.45) is 1.01. The molecule has 0 aliphatic carbocycles. The van der Waals surface area contributed by atoms with Crippen LogP contribution in [0.2, 0.25) is 0 Å². The molecule has 0 radical (unpaired) electrons. The van der Waals surface area contributed by atoms with E-state index in [-0.39, 0.29) is 11.1 Å². The van der Waals surface area contributed by atoms with Crippen LogP contribution in [0, 0.1) is 0 Å². The van der Waals surface area contributed by atoms with Gasteiger partial charge in [0, 0.05) is 11.8 Å². The Kier molecular flexibility index (Phi) is 2.84. The molecule has 0 bridgehead atoms. The molecule has 0 atom stereocenters. The van der Waals surface area contributed by atoms with Gasteiger partial charge in [-0.3, -0.25) is 0 Å². The van der Waals surface area contributed by atoms with E-state index in [1.54, 1.807) is 31.4 Å². The highest BCUT2D eigenvalue weighted by Crippen LogP contribution is 2.22. The molecule has 90 valence electrons. The van der Waals surface area contributed by atoms with Crippen LogP contribution in [0.4, 0.5) is 0 Å². The van der Waals surface area contributed by atoms with E-state index in [1.165, 1.54) is 0 Å². The van der Waals surface area contributed by atoms with E-state index in [2.05, 4.69) is 10.2 Å². The molecule has 0 aliphatic rings. The molecular weight excluding hydrogens is 244 g/mol. The highest BCUT2D eigenvalue weighted by Gasteiger charge is 2.17. The number of sulfone groups is 1. The van der Waals surface area contributed by atoms with Crippen LogP contribution in [0.15, 0.2) is 33.9 Å². The molecule has 7 heteroatoms. The lowest BCUT2D eigenvalue weighted by Crippen LogP contribution is -1.96. The molecule has 0 fully saturated rings. The monoisotopic (exact) mass is 254 g/mol. The zero-order valence-electron chi connectivity index (χ0n) is 9.25. The maximum atomic E-state index is 11.2. The van der Waals surface area contributed by atoms with Gasteiger partial charge in [-0.25, -0.2) is 8.42 Å². The van der Waals surface area contributed by atoms with Crippen molar-refractivity contribution in [2.24, 2.45) is 0 Å². The number of aromatic nitrogens is 2. The summed E-state index contributed by atoms with van der Waals surface area (Å²) in [5.74, 6) is 0.852. The molecule has 0 unspecified atom stereocenters. The van der Waals surface area contributed by atoms with E-state index in [9.17, 15) is 8.42 Å². The summed E-state index contributed by atoms with van der Waals surface area (Å²) < 4.78 is 32.4. The lowest BCUT2D eigenvalue weighted by molar-refractivity contribution is 0.414. The van der Waals surface area contributed by atoms with Crippen LogP contribution in [0.5, 0.6) is 5.75 Å². The topological polar surface area (TPSA) is 82.3 Å². The molecular formula is C10H10N2O4S. The van der Waals surface area contributed by atoms with Crippen LogP contribution < -0.4 is 4.74 Å². The smallest absolute Gasteiger partial charge is 0.335 e. The molecule has 0 saturated carbocycles. The van der Waals surface area contributed by atoms with Crippen molar-refractivity contribution < 1.29 is 17.6 Å². The van der Waals surface area contributed by atoms with Crippen LogP contribution in [0.25, 0.3) is 11.5 Å². The first-order chi connectivity index (χ1) is 8.00. The van der Waals surface area contributed by atoms with Crippen LogP contribution >= 0.6 is 0 Å². The molecule has 2 aromatic rings. The van der Waals surface area contributed by atoms with Crippen molar-refractivity contribution >= 4 is 9.84 Å². The summed E-state index contributed by atoms with van der Waals surface area (Å²) in [4.78, 5) is 0. The Morgan fingerprint density at radius 2 is 1.82 bits per heavy atom. The van der Waals surface area contributed by atoms with Gasteiger partial charge in [0.2, 0.25) is 15.7 Å². The summed E-state index contributed by atoms with van der Waals surface area (Å²) in [5, 5.41) is 6.76. The zero-order valence-corrected chi connectivity index (χ0v) is 10.1. The van der Waals surface area contributed by atoms with Crippen molar-refractivity contribution in [3.05, 3.63) is 24.3 Å². The van der Waals surface area contributed by atoms with E-state index >= 15 is 0 Å². The lowest BCUT2D eigenvalue weighted by Gasteiger charge is -1.99. The Morgan fingerprint density at radius 1 is 1.18 bits per heavy atom. The number of rotatable bonds is 3. The first kappa shape index (κ1) is 11.6. The molecule has 1 heterocycles. The number of hydrogen-bond donors (Lipinski definition) is 0. The van der Waals surface area contributed by atoms with Crippen LogP contribution in [0.3, 0.4) is 0 Å². The molecule has 0 N–H and O–H groups in total. The van der Waals surface area contributed by atoms with Crippen molar-refractivity contribution in [3.63, 3.8) is 0 Å². The molecule has 17 heavy (non-hydrogen) atoms. The molecule has 1 aromatic carbocycles. The molecule has 2 rings (SSSR count). The number of ether oxygens (including phenoxy) is 1. The first-order valence-corrected chi connectivity index (χ1v) is 6.58. The molecule has 0 amide bonds. The second-order valence-corrected chi connectivity index (χ2v) is 5.27. The van der Waals surface area contributed by atoms with Gasteiger partial charge in [0.15, 0.2) is 0 Å². The third-order valence-electron chi connectivity index (χ3n) is 2.06.